The quantitative estimate of drug-likeness (QED) is 0.777. The van der Waals surface area contributed by atoms with Gasteiger partial charge in [-0.15, -0.1) is 0 Å². The predicted molar refractivity (Wildman–Crippen MR) is 105 cm³/mol. The molecule has 0 aliphatic rings. The molecule has 2 aromatic carbocycles. The Morgan fingerprint density at radius 2 is 1.62 bits per heavy atom. The van der Waals surface area contributed by atoms with Crippen molar-refractivity contribution >= 4 is 23.4 Å². The van der Waals surface area contributed by atoms with Gasteiger partial charge in [-0.2, -0.15) is 0 Å². The molecule has 0 bridgehead atoms. The van der Waals surface area contributed by atoms with Crippen molar-refractivity contribution in [1.82, 2.24) is 10.6 Å². The smallest absolute Gasteiger partial charge is 0.251 e. The molecular formula is C21H25ClN2O2. The van der Waals surface area contributed by atoms with Crippen LogP contribution in [0.4, 0.5) is 0 Å². The topological polar surface area (TPSA) is 58.2 Å². The second-order valence-electron chi connectivity index (χ2n) is 6.73. The molecule has 0 saturated heterocycles. The molecule has 2 aromatic rings. The molecular weight excluding hydrogens is 348 g/mol. The second-order valence-corrected chi connectivity index (χ2v) is 7.17. The van der Waals surface area contributed by atoms with Crippen LogP contribution in [0.2, 0.25) is 5.02 Å². The summed E-state index contributed by atoms with van der Waals surface area (Å²) in [4.78, 5) is 24.9. The fourth-order valence-electron chi connectivity index (χ4n) is 2.56. The van der Waals surface area contributed by atoms with E-state index in [2.05, 4.69) is 10.6 Å². The first-order chi connectivity index (χ1) is 12.4. The molecule has 0 aliphatic heterocycles. The molecule has 2 N–H and O–H groups in total. The van der Waals surface area contributed by atoms with Gasteiger partial charge in [-0.25, -0.2) is 0 Å². The molecule has 0 heterocycles. The molecule has 0 unspecified atom stereocenters. The van der Waals surface area contributed by atoms with Gasteiger partial charge in [0.05, 0.1) is 0 Å². The molecule has 1 atom stereocenters. The van der Waals surface area contributed by atoms with E-state index in [0.717, 1.165) is 11.1 Å². The highest BCUT2D eigenvalue weighted by Crippen LogP contribution is 2.10. The largest absolute Gasteiger partial charge is 0.354 e. The molecule has 26 heavy (non-hydrogen) atoms. The molecule has 0 radical (unpaired) electrons. The standard InChI is InChI=1S/C21H25ClN2O2/c1-14(2)19(24-20(25)17-8-4-15(3)5-9-17)21(26)23-13-12-16-6-10-18(22)11-7-16/h4-11,14,19H,12-13H2,1-3H3,(H,23,26)(H,24,25)/t19-/m0/s1. The van der Waals surface area contributed by atoms with Crippen molar-refractivity contribution in [2.75, 3.05) is 6.54 Å². The van der Waals surface area contributed by atoms with Crippen LogP contribution in [0.3, 0.4) is 0 Å². The van der Waals surface area contributed by atoms with E-state index in [4.69, 9.17) is 11.6 Å². The summed E-state index contributed by atoms with van der Waals surface area (Å²) in [5.41, 5.74) is 2.73. The summed E-state index contributed by atoms with van der Waals surface area (Å²) in [5.74, 6) is -0.425. The Hall–Kier alpha value is -2.33. The van der Waals surface area contributed by atoms with Crippen LogP contribution < -0.4 is 10.6 Å². The van der Waals surface area contributed by atoms with Crippen LogP contribution in [0.15, 0.2) is 48.5 Å². The van der Waals surface area contributed by atoms with E-state index in [1.54, 1.807) is 12.1 Å². The predicted octanol–water partition coefficient (Wildman–Crippen LogP) is 3.76. The number of hydrogen-bond donors (Lipinski definition) is 2. The highest BCUT2D eigenvalue weighted by molar-refractivity contribution is 6.30. The number of halogens is 1. The summed E-state index contributed by atoms with van der Waals surface area (Å²) in [6.07, 6.45) is 0.708. The van der Waals surface area contributed by atoms with Gasteiger partial charge >= 0.3 is 0 Å². The third kappa shape index (κ3) is 5.88. The van der Waals surface area contributed by atoms with Crippen LogP contribution in [0.5, 0.6) is 0 Å². The Morgan fingerprint density at radius 3 is 2.19 bits per heavy atom. The minimum atomic E-state index is -0.575. The monoisotopic (exact) mass is 372 g/mol. The zero-order valence-corrected chi connectivity index (χ0v) is 16.1. The van der Waals surface area contributed by atoms with Gasteiger partial charge in [0, 0.05) is 17.1 Å². The maximum Gasteiger partial charge on any atom is 0.251 e. The van der Waals surface area contributed by atoms with Gasteiger partial charge in [0.2, 0.25) is 5.91 Å². The zero-order chi connectivity index (χ0) is 19.1. The van der Waals surface area contributed by atoms with E-state index < -0.39 is 6.04 Å². The first kappa shape index (κ1) is 20.0. The van der Waals surface area contributed by atoms with E-state index >= 15 is 0 Å². The van der Waals surface area contributed by atoms with E-state index in [1.807, 2.05) is 57.2 Å². The van der Waals surface area contributed by atoms with Crippen molar-refractivity contribution in [2.45, 2.75) is 33.2 Å². The van der Waals surface area contributed by atoms with Crippen molar-refractivity contribution in [3.05, 3.63) is 70.2 Å². The van der Waals surface area contributed by atoms with Crippen LogP contribution in [0.1, 0.15) is 35.3 Å². The number of nitrogens with one attached hydrogen (secondary N) is 2. The van der Waals surface area contributed by atoms with Gasteiger partial charge in [-0.3, -0.25) is 9.59 Å². The summed E-state index contributed by atoms with van der Waals surface area (Å²) in [5, 5.41) is 6.44. The highest BCUT2D eigenvalue weighted by atomic mass is 35.5. The fourth-order valence-corrected chi connectivity index (χ4v) is 2.68. The average molecular weight is 373 g/mol. The van der Waals surface area contributed by atoms with Gasteiger partial charge in [0.25, 0.3) is 5.91 Å². The number of carbonyl (C=O) groups is 2. The van der Waals surface area contributed by atoms with Gasteiger partial charge in [0.15, 0.2) is 0 Å². The molecule has 0 saturated carbocycles. The zero-order valence-electron chi connectivity index (χ0n) is 15.4. The maximum atomic E-state index is 12.5. The van der Waals surface area contributed by atoms with Gasteiger partial charge in [-0.05, 0) is 49.1 Å². The van der Waals surface area contributed by atoms with Crippen LogP contribution in [0.25, 0.3) is 0 Å². The third-order valence-corrected chi connectivity index (χ3v) is 4.43. The first-order valence-corrected chi connectivity index (χ1v) is 9.14. The lowest BCUT2D eigenvalue weighted by molar-refractivity contribution is -0.123. The van der Waals surface area contributed by atoms with Crippen molar-refractivity contribution in [1.29, 1.82) is 0 Å². The minimum Gasteiger partial charge on any atom is -0.354 e. The van der Waals surface area contributed by atoms with E-state index in [-0.39, 0.29) is 17.7 Å². The highest BCUT2D eigenvalue weighted by Gasteiger charge is 2.24. The number of carbonyl (C=O) groups excluding carboxylic acids is 2. The third-order valence-electron chi connectivity index (χ3n) is 4.18. The number of hydrogen-bond acceptors (Lipinski definition) is 2. The number of benzene rings is 2. The Kier molecular flexibility index (Phi) is 7.22. The second kappa shape index (κ2) is 9.39. The lowest BCUT2D eigenvalue weighted by Gasteiger charge is -2.22. The van der Waals surface area contributed by atoms with Crippen LogP contribution in [0, 0.1) is 12.8 Å². The Bertz CT molecular complexity index is 740. The molecule has 0 aliphatic carbocycles. The molecule has 0 spiro atoms. The van der Waals surface area contributed by atoms with Crippen molar-refractivity contribution in [2.24, 2.45) is 5.92 Å². The molecule has 0 fully saturated rings. The average Bonchev–Trinajstić information content (AvgIpc) is 2.61. The SMILES string of the molecule is Cc1ccc(C(=O)N[C@H](C(=O)NCCc2ccc(Cl)cc2)C(C)C)cc1. The lowest BCUT2D eigenvalue weighted by atomic mass is 10.0. The normalized spacial score (nSPS) is 11.9. The minimum absolute atomic E-state index is 0.0140. The molecule has 138 valence electrons. The van der Waals surface area contributed by atoms with Gasteiger partial charge in [0.1, 0.15) is 6.04 Å². The molecule has 5 heteroatoms. The summed E-state index contributed by atoms with van der Waals surface area (Å²) in [6, 6.07) is 14.3. The molecule has 4 nitrogen and oxygen atoms in total. The maximum absolute atomic E-state index is 12.5. The van der Waals surface area contributed by atoms with Gasteiger partial charge < -0.3 is 10.6 Å². The fraction of sp³-hybridized carbons (Fsp3) is 0.333. The number of rotatable bonds is 7. The van der Waals surface area contributed by atoms with E-state index in [9.17, 15) is 9.59 Å². The van der Waals surface area contributed by atoms with Crippen molar-refractivity contribution in [3.8, 4) is 0 Å². The Labute approximate surface area is 159 Å². The van der Waals surface area contributed by atoms with Crippen LogP contribution in [-0.4, -0.2) is 24.4 Å². The summed E-state index contributed by atoms with van der Waals surface area (Å²) >= 11 is 5.87. The van der Waals surface area contributed by atoms with E-state index in [1.165, 1.54) is 0 Å². The first-order valence-electron chi connectivity index (χ1n) is 8.76. The van der Waals surface area contributed by atoms with Crippen molar-refractivity contribution < 1.29 is 9.59 Å². The van der Waals surface area contributed by atoms with Crippen LogP contribution >= 0.6 is 11.6 Å². The van der Waals surface area contributed by atoms with Crippen LogP contribution in [-0.2, 0) is 11.2 Å². The Balaban J connectivity index is 1.90. The van der Waals surface area contributed by atoms with E-state index in [0.29, 0.717) is 23.6 Å². The molecule has 2 rings (SSSR count). The summed E-state index contributed by atoms with van der Waals surface area (Å²) in [7, 11) is 0. The van der Waals surface area contributed by atoms with Gasteiger partial charge in [-0.1, -0.05) is 55.3 Å². The number of amides is 2. The Morgan fingerprint density at radius 1 is 1.00 bits per heavy atom. The van der Waals surface area contributed by atoms with Crippen molar-refractivity contribution in [3.63, 3.8) is 0 Å². The number of aryl methyl sites for hydroxylation is 1. The summed E-state index contributed by atoms with van der Waals surface area (Å²) in [6.45, 7) is 6.30. The molecule has 2 amide bonds. The summed E-state index contributed by atoms with van der Waals surface area (Å²) < 4.78 is 0. The lowest BCUT2D eigenvalue weighted by Crippen LogP contribution is -2.50. The molecule has 0 aromatic heterocycles.